The quantitative estimate of drug-likeness (QED) is 0.846. The molecule has 94 valence electrons. The van der Waals surface area contributed by atoms with E-state index in [-0.39, 0.29) is 0 Å². The van der Waals surface area contributed by atoms with Gasteiger partial charge in [0.2, 0.25) is 0 Å². The zero-order valence-electron chi connectivity index (χ0n) is 10.6. The molecule has 0 amide bonds. The zero-order chi connectivity index (χ0) is 12.4. The van der Waals surface area contributed by atoms with Gasteiger partial charge >= 0.3 is 0 Å². The molecule has 1 aliphatic rings. The van der Waals surface area contributed by atoms with Crippen molar-refractivity contribution in [1.82, 2.24) is 15.3 Å². The van der Waals surface area contributed by atoms with Gasteiger partial charge in [-0.2, -0.15) is 0 Å². The number of anilines is 1. The monoisotopic (exact) mass is 242 g/mol. The molecule has 0 atom stereocenters. The first-order valence-electron chi connectivity index (χ1n) is 6.53. The third-order valence-electron chi connectivity index (χ3n) is 3.42. The van der Waals surface area contributed by atoms with Gasteiger partial charge in [-0.25, -0.2) is 9.97 Å². The van der Waals surface area contributed by atoms with E-state index < -0.39 is 0 Å². The molecule has 1 aromatic heterocycles. The number of rotatable bonds is 2. The molecular weight excluding hydrogens is 224 g/mol. The van der Waals surface area contributed by atoms with Gasteiger partial charge in [0.05, 0.1) is 16.7 Å². The molecule has 0 saturated carbocycles. The Morgan fingerprint density at radius 1 is 1.11 bits per heavy atom. The van der Waals surface area contributed by atoms with Crippen LogP contribution in [-0.4, -0.2) is 29.1 Å². The Balaban J connectivity index is 1.88. The van der Waals surface area contributed by atoms with E-state index in [9.17, 15) is 0 Å². The standard InChI is InChI=1S/C14H18N4/c1-10-14(17-11-6-8-15-9-7-11)18-13-5-3-2-4-12(13)16-10/h2-5,11,15H,6-9H2,1H3,(H,17,18). The van der Waals surface area contributed by atoms with Crippen molar-refractivity contribution < 1.29 is 0 Å². The lowest BCUT2D eigenvalue weighted by Crippen LogP contribution is -2.35. The van der Waals surface area contributed by atoms with E-state index in [0.29, 0.717) is 6.04 Å². The number of nitrogens with zero attached hydrogens (tertiary/aromatic N) is 2. The van der Waals surface area contributed by atoms with E-state index >= 15 is 0 Å². The highest BCUT2D eigenvalue weighted by Gasteiger charge is 2.14. The molecule has 1 fully saturated rings. The minimum Gasteiger partial charge on any atom is -0.366 e. The second kappa shape index (κ2) is 4.90. The summed E-state index contributed by atoms with van der Waals surface area (Å²) in [7, 11) is 0. The minimum absolute atomic E-state index is 0.514. The summed E-state index contributed by atoms with van der Waals surface area (Å²) in [6.45, 7) is 4.18. The molecule has 4 heteroatoms. The Morgan fingerprint density at radius 2 is 1.78 bits per heavy atom. The lowest BCUT2D eigenvalue weighted by atomic mass is 10.1. The third-order valence-corrected chi connectivity index (χ3v) is 3.42. The second-order valence-corrected chi connectivity index (χ2v) is 4.81. The summed E-state index contributed by atoms with van der Waals surface area (Å²) in [6.07, 6.45) is 2.29. The maximum absolute atomic E-state index is 4.67. The SMILES string of the molecule is Cc1nc2ccccc2nc1NC1CCNCC1. The van der Waals surface area contributed by atoms with Crippen molar-refractivity contribution in [3.8, 4) is 0 Å². The van der Waals surface area contributed by atoms with Gasteiger partial charge in [0, 0.05) is 6.04 Å². The smallest absolute Gasteiger partial charge is 0.148 e. The highest BCUT2D eigenvalue weighted by Crippen LogP contribution is 2.18. The molecule has 1 aromatic carbocycles. The maximum Gasteiger partial charge on any atom is 0.148 e. The molecule has 0 spiro atoms. The lowest BCUT2D eigenvalue weighted by Gasteiger charge is -2.24. The van der Waals surface area contributed by atoms with Crippen molar-refractivity contribution in [2.24, 2.45) is 0 Å². The van der Waals surface area contributed by atoms with Crippen LogP contribution in [0.5, 0.6) is 0 Å². The van der Waals surface area contributed by atoms with Gasteiger partial charge in [0.15, 0.2) is 0 Å². The number of benzene rings is 1. The number of para-hydroxylation sites is 2. The number of piperidine rings is 1. The molecule has 0 bridgehead atoms. The van der Waals surface area contributed by atoms with Crippen LogP contribution in [0, 0.1) is 6.92 Å². The average molecular weight is 242 g/mol. The molecule has 18 heavy (non-hydrogen) atoms. The summed E-state index contributed by atoms with van der Waals surface area (Å²) >= 11 is 0. The number of aryl methyl sites for hydroxylation is 1. The highest BCUT2D eigenvalue weighted by atomic mass is 15.1. The first-order valence-corrected chi connectivity index (χ1v) is 6.53. The van der Waals surface area contributed by atoms with Crippen LogP contribution in [-0.2, 0) is 0 Å². The molecule has 2 heterocycles. The molecule has 0 unspecified atom stereocenters. The zero-order valence-corrected chi connectivity index (χ0v) is 10.6. The van der Waals surface area contributed by atoms with Gasteiger partial charge in [-0.3, -0.25) is 0 Å². The predicted octanol–water partition coefficient (Wildman–Crippen LogP) is 2.10. The number of hydrogen-bond donors (Lipinski definition) is 2. The molecule has 2 aromatic rings. The second-order valence-electron chi connectivity index (χ2n) is 4.81. The van der Waals surface area contributed by atoms with Gasteiger partial charge < -0.3 is 10.6 Å². The van der Waals surface area contributed by atoms with Crippen LogP contribution in [0.4, 0.5) is 5.82 Å². The lowest BCUT2D eigenvalue weighted by molar-refractivity contribution is 0.478. The van der Waals surface area contributed by atoms with Crippen molar-refractivity contribution in [3.05, 3.63) is 30.0 Å². The Hall–Kier alpha value is -1.68. The summed E-state index contributed by atoms with van der Waals surface area (Å²) in [5.74, 6) is 0.931. The summed E-state index contributed by atoms with van der Waals surface area (Å²) in [5.41, 5.74) is 2.90. The normalized spacial score (nSPS) is 16.9. The topological polar surface area (TPSA) is 49.8 Å². The van der Waals surface area contributed by atoms with E-state index in [1.54, 1.807) is 0 Å². The van der Waals surface area contributed by atoms with Crippen molar-refractivity contribution >= 4 is 16.9 Å². The predicted molar refractivity (Wildman–Crippen MR) is 73.8 cm³/mol. The van der Waals surface area contributed by atoms with Gasteiger partial charge in [-0.1, -0.05) is 12.1 Å². The van der Waals surface area contributed by atoms with E-state index in [0.717, 1.165) is 48.5 Å². The summed E-state index contributed by atoms with van der Waals surface area (Å²) < 4.78 is 0. The van der Waals surface area contributed by atoms with Crippen LogP contribution in [0.3, 0.4) is 0 Å². The first-order chi connectivity index (χ1) is 8.83. The van der Waals surface area contributed by atoms with E-state index in [1.165, 1.54) is 0 Å². The van der Waals surface area contributed by atoms with Crippen LogP contribution < -0.4 is 10.6 Å². The largest absolute Gasteiger partial charge is 0.366 e. The Kier molecular flexibility index (Phi) is 3.11. The van der Waals surface area contributed by atoms with Crippen LogP contribution in [0.15, 0.2) is 24.3 Å². The van der Waals surface area contributed by atoms with Crippen LogP contribution in [0.25, 0.3) is 11.0 Å². The number of nitrogens with one attached hydrogen (secondary N) is 2. The Labute approximate surface area is 107 Å². The van der Waals surface area contributed by atoms with Gasteiger partial charge in [0.1, 0.15) is 5.82 Å². The Bertz CT molecular complexity index is 546. The van der Waals surface area contributed by atoms with E-state index in [1.807, 2.05) is 31.2 Å². The molecule has 3 rings (SSSR count). The van der Waals surface area contributed by atoms with Crippen LogP contribution in [0.1, 0.15) is 18.5 Å². The molecule has 0 aliphatic carbocycles. The number of aromatic nitrogens is 2. The Morgan fingerprint density at radius 3 is 2.50 bits per heavy atom. The van der Waals surface area contributed by atoms with E-state index in [4.69, 9.17) is 0 Å². The van der Waals surface area contributed by atoms with Crippen molar-refractivity contribution in [2.45, 2.75) is 25.8 Å². The fourth-order valence-corrected chi connectivity index (χ4v) is 2.38. The summed E-state index contributed by atoms with van der Waals surface area (Å²) in [5, 5.41) is 6.90. The fraction of sp³-hybridized carbons (Fsp3) is 0.429. The minimum atomic E-state index is 0.514. The molecule has 2 N–H and O–H groups in total. The molecular formula is C14H18N4. The van der Waals surface area contributed by atoms with Gasteiger partial charge in [0.25, 0.3) is 0 Å². The third kappa shape index (κ3) is 2.29. The molecule has 4 nitrogen and oxygen atoms in total. The number of hydrogen-bond acceptors (Lipinski definition) is 4. The molecule has 0 radical (unpaired) electrons. The maximum atomic E-state index is 4.67. The number of fused-ring (bicyclic) bond motifs is 1. The highest BCUT2D eigenvalue weighted by molar-refractivity contribution is 5.76. The van der Waals surface area contributed by atoms with Crippen LogP contribution >= 0.6 is 0 Å². The average Bonchev–Trinajstić information content (AvgIpc) is 2.41. The first kappa shape index (κ1) is 11.4. The van der Waals surface area contributed by atoms with Crippen molar-refractivity contribution in [3.63, 3.8) is 0 Å². The molecule has 1 aliphatic heterocycles. The van der Waals surface area contributed by atoms with E-state index in [2.05, 4.69) is 20.6 Å². The van der Waals surface area contributed by atoms with Gasteiger partial charge in [-0.15, -0.1) is 0 Å². The van der Waals surface area contributed by atoms with Crippen molar-refractivity contribution in [2.75, 3.05) is 18.4 Å². The molecule has 1 saturated heterocycles. The van der Waals surface area contributed by atoms with Crippen LogP contribution in [0.2, 0.25) is 0 Å². The summed E-state index contributed by atoms with van der Waals surface area (Å²) in [4.78, 5) is 9.28. The summed E-state index contributed by atoms with van der Waals surface area (Å²) in [6, 6.07) is 8.52. The van der Waals surface area contributed by atoms with Crippen molar-refractivity contribution in [1.29, 1.82) is 0 Å². The van der Waals surface area contributed by atoms with Gasteiger partial charge in [-0.05, 0) is 45.0 Å². The fourth-order valence-electron chi connectivity index (χ4n) is 2.38.